The molecule has 1 aromatic carbocycles. The lowest BCUT2D eigenvalue weighted by molar-refractivity contribution is -0.121. The molecule has 1 aliphatic heterocycles. The van der Waals surface area contributed by atoms with Crippen molar-refractivity contribution < 1.29 is 18.7 Å². The number of alkyl halides is 2. The molecule has 0 aromatic heterocycles. The number of halogens is 2. The molecule has 1 amide bonds. The summed E-state index contributed by atoms with van der Waals surface area (Å²) < 4.78 is 25.1. The summed E-state index contributed by atoms with van der Waals surface area (Å²) in [6, 6.07) is 5.79. The zero-order valence-corrected chi connectivity index (χ0v) is 9.14. The van der Waals surface area contributed by atoms with Crippen molar-refractivity contribution in [1.82, 2.24) is 0 Å². The van der Waals surface area contributed by atoms with Crippen LogP contribution in [0.1, 0.15) is 18.4 Å². The van der Waals surface area contributed by atoms with Crippen LogP contribution in [0.25, 0.3) is 0 Å². The number of aliphatic hydroxyl groups is 1. The molecule has 1 heterocycles. The summed E-state index contributed by atoms with van der Waals surface area (Å²) in [4.78, 5) is 13.2. The number of rotatable bonds is 3. The Balaban J connectivity index is 2.23. The molecular formula is C12H13F2NO2. The molecule has 92 valence electrons. The van der Waals surface area contributed by atoms with Crippen LogP contribution in [0, 0.1) is 5.92 Å². The standard InChI is InChI=1S/C12H13F2NO2/c13-11(14)8-2-1-3-10(6-8)15-5-4-9(7-16)12(15)17/h1-3,6,9,11,16H,4-5,7H2. The largest absolute Gasteiger partial charge is 0.396 e. The summed E-state index contributed by atoms with van der Waals surface area (Å²) >= 11 is 0. The van der Waals surface area contributed by atoms with Gasteiger partial charge in [-0.15, -0.1) is 0 Å². The molecule has 5 heteroatoms. The van der Waals surface area contributed by atoms with Crippen LogP contribution in [-0.2, 0) is 4.79 Å². The minimum Gasteiger partial charge on any atom is -0.396 e. The number of hydrogen-bond acceptors (Lipinski definition) is 2. The number of amides is 1. The Bertz CT molecular complexity index is 423. The molecule has 0 bridgehead atoms. The average Bonchev–Trinajstić information content (AvgIpc) is 2.70. The second-order valence-electron chi connectivity index (χ2n) is 4.05. The van der Waals surface area contributed by atoms with Crippen LogP contribution >= 0.6 is 0 Å². The van der Waals surface area contributed by atoms with Gasteiger partial charge in [0.05, 0.1) is 12.5 Å². The molecule has 0 spiro atoms. The highest BCUT2D eigenvalue weighted by molar-refractivity contribution is 5.97. The van der Waals surface area contributed by atoms with E-state index >= 15 is 0 Å². The van der Waals surface area contributed by atoms with Crippen molar-refractivity contribution in [2.24, 2.45) is 5.92 Å². The van der Waals surface area contributed by atoms with E-state index in [4.69, 9.17) is 5.11 Å². The van der Waals surface area contributed by atoms with Gasteiger partial charge in [-0.05, 0) is 18.6 Å². The average molecular weight is 241 g/mol. The molecular weight excluding hydrogens is 228 g/mol. The zero-order valence-electron chi connectivity index (χ0n) is 9.14. The highest BCUT2D eigenvalue weighted by Crippen LogP contribution is 2.28. The van der Waals surface area contributed by atoms with Crippen molar-refractivity contribution in [3.63, 3.8) is 0 Å². The summed E-state index contributed by atoms with van der Waals surface area (Å²) in [5.41, 5.74) is 0.381. The summed E-state index contributed by atoms with van der Waals surface area (Å²) in [6.45, 7) is 0.278. The van der Waals surface area contributed by atoms with Gasteiger partial charge in [0, 0.05) is 17.8 Å². The Morgan fingerprint density at radius 3 is 2.82 bits per heavy atom. The zero-order chi connectivity index (χ0) is 12.4. The van der Waals surface area contributed by atoms with Crippen LogP contribution in [0.5, 0.6) is 0 Å². The molecule has 1 saturated heterocycles. The highest BCUT2D eigenvalue weighted by atomic mass is 19.3. The lowest BCUT2D eigenvalue weighted by Gasteiger charge is -2.17. The highest BCUT2D eigenvalue weighted by Gasteiger charge is 2.32. The fourth-order valence-electron chi connectivity index (χ4n) is 1.99. The van der Waals surface area contributed by atoms with E-state index in [1.807, 2.05) is 0 Å². The Kier molecular flexibility index (Phi) is 3.38. The van der Waals surface area contributed by atoms with Crippen molar-refractivity contribution >= 4 is 11.6 Å². The Hall–Kier alpha value is -1.49. The molecule has 3 nitrogen and oxygen atoms in total. The van der Waals surface area contributed by atoms with E-state index in [1.54, 1.807) is 6.07 Å². The van der Waals surface area contributed by atoms with Gasteiger partial charge in [-0.25, -0.2) is 8.78 Å². The van der Waals surface area contributed by atoms with Crippen LogP contribution < -0.4 is 4.90 Å². The van der Waals surface area contributed by atoms with Crippen molar-refractivity contribution in [3.8, 4) is 0 Å². The molecule has 0 saturated carbocycles. The molecule has 0 radical (unpaired) electrons. The number of benzene rings is 1. The first-order valence-corrected chi connectivity index (χ1v) is 5.44. The number of carbonyl (C=O) groups is 1. The maximum absolute atomic E-state index is 12.5. The molecule has 1 aliphatic rings. The SMILES string of the molecule is O=C1C(CO)CCN1c1cccc(C(F)F)c1. The van der Waals surface area contributed by atoms with Gasteiger partial charge in [-0.2, -0.15) is 0 Å². The third kappa shape index (κ3) is 2.29. The van der Waals surface area contributed by atoms with Crippen molar-refractivity contribution in [2.75, 3.05) is 18.1 Å². The normalized spacial score (nSPS) is 20.4. The summed E-state index contributed by atoms with van der Waals surface area (Å²) in [5, 5.41) is 8.98. The van der Waals surface area contributed by atoms with Gasteiger partial charge in [-0.3, -0.25) is 4.79 Å². The predicted octanol–water partition coefficient (Wildman–Crippen LogP) is 1.97. The van der Waals surface area contributed by atoms with Crippen molar-refractivity contribution in [1.29, 1.82) is 0 Å². The molecule has 1 N–H and O–H groups in total. The van der Waals surface area contributed by atoms with E-state index in [0.29, 0.717) is 18.7 Å². The van der Waals surface area contributed by atoms with E-state index in [-0.39, 0.29) is 18.1 Å². The minimum absolute atomic E-state index is 0.0947. The quantitative estimate of drug-likeness (QED) is 0.878. The Morgan fingerprint density at radius 1 is 1.47 bits per heavy atom. The molecule has 2 rings (SSSR count). The van der Waals surface area contributed by atoms with Gasteiger partial charge >= 0.3 is 0 Å². The Labute approximate surface area is 97.7 Å². The molecule has 1 unspecified atom stereocenters. The summed E-state index contributed by atoms with van der Waals surface area (Å²) in [5.74, 6) is -0.593. The predicted molar refractivity (Wildman–Crippen MR) is 58.9 cm³/mol. The van der Waals surface area contributed by atoms with E-state index in [2.05, 4.69) is 0 Å². The molecule has 0 aliphatic carbocycles. The second-order valence-corrected chi connectivity index (χ2v) is 4.05. The van der Waals surface area contributed by atoms with Crippen molar-refractivity contribution in [2.45, 2.75) is 12.8 Å². The van der Waals surface area contributed by atoms with E-state index in [9.17, 15) is 13.6 Å². The van der Waals surface area contributed by atoms with Crippen LogP contribution in [0.15, 0.2) is 24.3 Å². The fourth-order valence-corrected chi connectivity index (χ4v) is 1.99. The lowest BCUT2D eigenvalue weighted by Crippen LogP contribution is -2.28. The number of anilines is 1. The van der Waals surface area contributed by atoms with E-state index in [1.165, 1.54) is 23.1 Å². The third-order valence-corrected chi connectivity index (χ3v) is 2.97. The van der Waals surface area contributed by atoms with Gasteiger partial charge in [0.1, 0.15) is 0 Å². The first-order valence-electron chi connectivity index (χ1n) is 5.44. The number of carbonyl (C=O) groups excluding carboxylic acids is 1. The fraction of sp³-hybridized carbons (Fsp3) is 0.417. The molecule has 1 atom stereocenters. The number of nitrogens with zero attached hydrogens (tertiary/aromatic N) is 1. The summed E-state index contributed by atoms with van der Waals surface area (Å²) in [6.07, 6.45) is -1.98. The smallest absolute Gasteiger partial charge is 0.263 e. The van der Waals surface area contributed by atoms with E-state index < -0.39 is 12.3 Å². The number of aliphatic hydroxyl groups excluding tert-OH is 1. The maximum Gasteiger partial charge on any atom is 0.263 e. The van der Waals surface area contributed by atoms with Gasteiger partial charge in [0.15, 0.2) is 0 Å². The topological polar surface area (TPSA) is 40.5 Å². The molecule has 1 aromatic rings. The maximum atomic E-state index is 12.5. The van der Waals surface area contributed by atoms with Gasteiger partial charge in [-0.1, -0.05) is 12.1 Å². The lowest BCUT2D eigenvalue weighted by atomic mass is 10.1. The van der Waals surface area contributed by atoms with Gasteiger partial charge in [0.25, 0.3) is 6.43 Å². The van der Waals surface area contributed by atoms with Gasteiger partial charge < -0.3 is 10.0 Å². The van der Waals surface area contributed by atoms with Gasteiger partial charge in [0.2, 0.25) is 5.91 Å². The van der Waals surface area contributed by atoms with Crippen LogP contribution in [0.2, 0.25) is 0 Å². The molecule has 1 fully saturated rings. The first kappa shape index (κ1) is 12.0. The monoisotopic (exact) mass is 241 g/mol. The van der Waals surface area contributed by atoms with E-state index in [0.717, 1.165) is 0 Å². The van der Waals surface area contributed by atoms with Crippen molar-refractivity contribution in [3.05, 3.63) is 29.8 Å². The first-order chi connectivity index (χ1) is 8.13. The summed E-state index contributed by atoms with van der Waals surface area (Å²) in [7, 11) is 0. The third-order valence-electron chi connectivity index (χ3n) is 2.97. The Morgan fingerprint density at radius 2 is 2.24 bits per heavy atom. The second kappa shape index (κ2) is 4.79. The number of hydrogen-bond donors (Lipinski definition) is 1. The molecule has 17 heavy (non-hydrogen) atoms. The van der Waals surface area contributed by atoms with Crippen LogP contribution in [0.4, 0.5) is 14.5 Å². The van der Waals surface area contributed by atoms with Crippen LogP contribution in [-0.4, -0.2) is 24.2 Å². The van der Waals surface area contributed by atoms with Crippen LogP contribution in [0.3, 0.4) is 0 Å². The minimum atomic E-state index is -2.54.